The third-order valence-corrected chi connectivity index (χ3v) is 8.88. The molecule has 2 aromatic carbocycles. The monoisotopic (exact) mass is 608 g/mol. The summed E-state index contributed by atoms with van der Waals surface area (Å²) >= 11 is 13.7. The van der Waals surface area contributed by atoms with Gasteiger partial charge in [0.15, 0.2) is 4.80 Å². The summed E-state index contributed by atoms with van der Waals surface area (Å²) in [6.45, 7) is 7.77. The van der Waals surface area contributed by atoms with Crippen LogP contribution in [0.5, 0.6) is 0 Å². The van der Waals surface area contributed by atoms with Gasteiger partial charge in [-0.05, 0) is 81.3 Å². The van der Waals surface area contributed by atoms with Crippen LogP contribution in [0, 0.1) is 13.8 Å². The topological polar surface area (TPSA) is 68.8 Å². The van der Waals surface area contributed by atoms with Gasteiger partial charge < -0.3 is 14.2 Å². The van der Waals surface area contributed by atoms with Crippen molar-refractivity contribution in [3.8, 4) is 5.69 Å². The van der Waals surface area contributed by atoms with E-state index in [0.29, 0.717) is 30.6 Å². The summed E-state index contributed by atoms with van der Waals surface area (Å²) in [6, 6.07) is 14.7. The molecule has 212 valence electrons. The molecule has 0 unspecified atom stereocenters. The normalized spacial score (nSPS) is 15.1. The van der Waals surface area contributed by atoms with Crippen molar-refractivity contribution in [2.45, 2.75) is 33.7 Å². The Morgan fingerprint density at radius 2 is 1.78 bits per heavy atom. The van der Waals surface area contributed by atoms with E-state index in [9.17, 15) is 9.59 Å². The number of fused-ring (bicyclic) bond motifs is 1. The van der Waals surface area contributed by atoms with E-state index < -0.39 is 12.0 Å². The van der Waals surface area contributed by atoms with Gasteiger partial charge in [0.2, 0.25) is 0 Å². The molecule has 0 radical (unpaired) electrons. The first kappa shape index (κ1) is 28.9. The molecule has 10 heteroatoms. The minimum atomic E-state index is -0.660. The molecule has 0 bridgehead atoms. The molecule has 0 fully saturated rings. The standard InChI is InChI=1S/C31H30Cl2N4O3S/c1-7-40-30(39)27-18(3)34-31-37(28(27)20-8-10-22(11-9-20)35(5)6)29(38)26(41-31)15-21-14-17(2)36(19(21)4)23-12-13-24(32)25(33)16-23/h8-16,28H,7H2,1-6H3/t28-/m1/s1. The smallest absolute Gasteiger partial charge is 0.338 e. The van der Waals surface area contributed by atoms with Crippen molar-refractivity contribution < 1.29 is 9.53 Å². The summed E-state index contributed by atoms with van der Waals surface area (Å²) in [4.78, 5) is 34.4. The molecule has 1 atom stereocenters. The number of thiazole rings is 1. The summed E-state index contributed by atoms with van der Waals surface area (Å²) in [5, 5.41) is 0.959. The zero-order valence-electron chi connectivity index (χ0n) is 23.7. The first-order valence-electron chi connectivity index (χ1n) is 13.1. The van der Waals surface area contributed by atoms with Crippen LogP contribution in [0.3, 0.4) is 0 Å². The van der Waals surface area contributed by atoms with Crippen molar-refractivity contribution in [1.29, 1.82) is 0 Å². The average Bonchev–Trinajstić information content (AvgIpc) is 3.38. The van der Waals surface area contributed by atoms with Gasteiger partial charge in [0.05, 0.1) is 38.5 Å². The van der Waals surface area contributed by atoms with Crippen molar-refractivity contribution >= 4 is 52.3 Å². The van der Waals surface area contributed by atoms with E-state index in [0.717, 1.165) is 33.9 Å². The summed E-state index contributed by atoms with van der Waals surface area (Å²) < 4.78 is 9.61. The maximum atomic E-state index is 14.0. The Labute approximate surface area is 252 Å². The SMILES string of the molecule is CCOC(=O)C1=C(C)N=c2sc(=Cc3cc(C)n(-c4ccc(Cl)c(Cl)c4)c3C)c(=O)n2[C@@H]1c1ccc(N(C)C)cc1. The van der Waals surface area contributed by atoms with E-state index in [-0.39, 0.29) is 12.2 Å². The second-order valence-electron chi connectivity index (χ2n) is 10.0. The van der Waals surface area contributed by atoms with Gasteiger partial charge >= 0.3 is 5.97 Å². The molecule has 0 N–H and O–H groups in total. The molecule has 7 nitrogen and oxygen atoms in total. The average molecular weight is 610 g/mol. The zero-order chi connectivity index (χ0) is 29.6. The van der Waals surface area contributed by atoms with Crippen molar-refractivity contribution in [2.24, 2.45) is 4.99 Å². The molecule has 1 aliphatic heterocycles. The third-order valence-electron chi connectivity index (χ3n) is 7.16. The number of ether oxygens (including phenoxy) is 1. The second kappa shape index (κ2) is 11.4. The van der Waals surface area contributed by atoms with Crippen LogP contribution >= 0.6 is 34.5 Å². The molecule has 0 amide bonds. The predicted octanol–water partition coefficient (Wildman–Crippen LogP) is 5.58. The number of halogens is 2. The lowest BCUT2D eigenvalue weighted by molar-refractivity contribution is -0.139. The minimum Gasteiger partial charge on any atom is -0.463 e. The number of nitrogens with zero attached hydrogens (tertiary/aromatic N) is 4. The maximum Gasteiger partial charge on any atom is 0.338 e. The lowest BCUT2D eigenvalue weighted by Gasteiger charge is -2.25. The molecule has 5 rings (SSSR count). The van der Waals surface area contributed by atoms with Gasteiger partial charge in [-0.2, -0.15) is 0 Å². The number of hydrogen-bond acceptors (Lipinski definition) is 6. The molecule has 0 saturated carbocycles. The number of esters is 1. The van der Waals surface area contributed by atoms with Gasteiger partial charge in [-0.25, -0.2) is 9.79 Å². The molecule has 2 aromatic heterocycles. The first-order chi connectivity index (χ1) is 19.5. The third kappa shape index (κ3) is 5.27. The van der Waals surface area contributed by atoms with Crippen LogP contribution in [0.25, 0.3) is 11.8 Å². The van der Waals surface area contributed by atoms with Gasteiger partial charge in [0.25, 0.3) is 5.56 Å². The molecule has 0 aliphatic carbocycles. The predicted molar refractivity (Wildman–Crippen MR) is 166 cm³/mol. The number of benzene rings is 2. The molecule has 0 spiro atoms. The number of carbonyl (C=O) groups excluding carboxylic acids is 1. The Morgan fingerprint density at radius 3 is 2.41 bits per heavy atom. The van der Waals surface area contributed by atoms with E-state index in [2.05, 4.69) is 9.56 Å². The van der Waals surface area contributed by atoms with Crippen LogP contribution in [-0.4, -0.2) is 35.8 Å². The largest absolute Gasteiger partial charge is 0.463 e. The minimum absolute atomic E-state index is 0.218. The highest BCUT2D eigenvalue weighted by Crippen LogP contribution is 2.32. The fourth-order valence-electron chi connectivity index (χ4n) is 5.16. The lowest BCUT2D eigenvalue weighted by Crippen LogP contribution is -2.40. The number of aryl methyl sites for hydroxylation is 1. The Balaban J connectivity index is 1.68. The fourth-order valence-corrected chi connectivity index (χ4v) is 6.49. The fraction of sp³-hybridized carbons (Fsp3) is 0.258. The summed E-state index contributed by atoms with van der Waals surface area (Å²) in [6.07, 6.45) is 1.88. The van der Waals surface area contributed by atoms with E-state index in [4.69, 9.17) is 27.9 Å². The molecule has 1 aliphatic rings. The molecule has 4 aromatic rings. The second-order valence-corrected chi connectivity index (χ2v) is 11.9. The Morgan fingerprint density at radius 1 is 1.07 bits per heavy atom. The highest BCUT2D eigenvalue weighted by Gasteiger charge is 2.33. The molecule has 0 saturated heterocycles. The Bertz CT molecular complexity index is 1880. The van der Waals surface area contributed by atoms with E-state index >= 15 is 0 Å². The van der Waals surface area contributed by atoms with Gasteiger partial charge in [-0.15, -0.1) is 0 Å². The molecular weight excluding hydrogens is 579 g/mol. The van der Waals surface area contributed by atoms with Crippen molar-refractivity contribution in [1.82, 2.24) is 9.13 Å². The van der Waals surface area contributed by atoms with Crippen LogP contribution in [-0.2, 0) is 9.53 Å². The highest BCUT2D eigenvalue weighted by atomic mass is 35.5. The molecule has 41 heavy (non-hydrogen) atoms. The van der Waals surface area contributed by atoms with Gasteiger partial charge in [-0.3, -0.25) is 9.36 Å². The van der Waals surface area contributed by atoms with Crippen molar-refractivity contribution in [3.05, 3.63) is 112 Å². The van der Waals surface area contributed by atoms with E-state index in [1.807, 2.05) is 81.4 Å². The number of aromatic nitrogens is 2. The lowest BCUT2D eigenvalue weighted by atomic mass is 9.95. The highest BCUT2D eigenvalue weighted by molar-refractivity contribution is 7.07. The quantitative estimate of drug-likeness (QED) is 0.268. The van der Waals surface area contributed by atoms with Crippen LogP contribution in [0.2, 0.25) is 10.0 Å². The summed E-state index contributed by atoms with van der Waals surface area (Å²) in [7, 11) is 3.93. The van der Waals surface area contributed by atoms with Crippen LogP contribution in [0.15, 0.2) is 69.6 Å². The first-order valence-corrected chi connectivity index (χ1v) is 14.7. The number of hydrogen-bond donors (Lipinski definition) is 0. The van der Waals surface area contributed by atoms with Crippen LogP contribution in [0.4, 0.5) is 5.69 Å². The maximum absolute atomic E-state index is 14.0. The zero-order valence-corrected chi connectivity index (χ0v) is 26.0. The van der Waals surface area contributed by atoms with Crippen molar-refractivity contribution in [2.75, 3.05) is 25.6 Å². The van der Waals surface area contributed by atoms with E-state index in [1.54, 1.807) is 24.5 Å². The number of carbonyl (C=O) groups is 1. The van der Waals surface area contributed by atoms with Gasteiger partial charge in [0.1, 0.15) is 0 Å². The van der Waals surface area contributed by atoms with Crippen molar-refractivity contribution in [3.63, 3.8) is 0 Å². The number of anilines is 1. The Hall–Kier alpha value is -3.59. The van der Waals surface area contributed by atoms with Gasteiger partial charge in [-0.1, -0.05) is 46.7 Å². The Kier molecular flexibility index (Phi) is 8.01. The molecular formula is C31H30Cl2N4O3S. The number of rotatable bonds is 6. The van der Waals surface area contributed by atoms with Crippen LogP contribution < -0.4 is 19.8 Å². The van der Waals surface area contributed by atoms with Crippen LogP contribution in [0.1, 0.15) is 42.4 Å². The van der Waals surface area contributed by atoms with Gasteiger partial charge in [0, 0.05) is 36.9 Å². The number of allylic oxidation sites excluding steroid dienone is 1. The van der Waals surface area contributed by atoms with E-state index in [1.165, 1.54) is 11.3 Å². The molecule has 3 heterocycles. The summed E-state index contributed by atoms with van der Waals surface area (Å²) in [5.74, 6) is -0.477. The summed E-state index contributed by atoms with van der Waals surface area (Å²) in [5.41, 5.74) is 6.21.